The molecule has 2 rings (SSSR count). The minimum absolute atomic E-state index is 0.0481. The van der Waals surface area contributed by atoms with Crippen molar-refractivity contribution in [3.8, 4) is 0 Å². The molecule has 0 saturated carbocycles. The van der Waals surface area contributed by atoms with Crippen molar-refractivity contribution in [2.24, 2.45) is 0 Å². The van der Waals surface area contributed by atoms with Crippen LogP contribution in [-0.4, -0.2) is 17.9 Å². The number of carbonyl (C=O) groups excluding carboxylic acids is 2. The molecular formula is C18H18Cl2N2O2. The van der Waals surface area contributed by atoms with E-state index in [1.165, 1.54) is 6.07 Å². The highest BCUT2D eigenvalue weighted by Gasteiger charge is 2.16. The van der Waals surface area contributed by atoms with E-state index in [1.807, 2.05) is 13.8 Å². The van der Waals surface area contributed by atoms with Crippen molar-refractivity contribution >= 4 is 40.7 Å². The SMILES string of the molecule is CC[C@@H](C)NC(=O)c1ccccc1NC(=O)c1ccc(Cl)cc1Cl. The van der Waals surface area contributed by atoms with Gasteiger partial charge in [0.25, 0.3) is 11.8 Å². The van der Waals surface area contributed by atoms with Gasteiger partial charge in [-0.05, 0) is 43.7 Å². The maximum absolute atomic E-state index is 12.4. The number of amides is 2. The van der Waals surface area contributed by atoms with Gasteiger partial charge in [-0.2, -0.15) is 0 Å². The van der Waals surface area contributed by atoms with Crippen LogP contribution >= 0.6 is 23.2 Å². The third-order valence-electron chi connectivity index (χ3n) is 3.59. The van der Waals surface area contributed by atoms with E-state index >= 15 is 0 Å². The Bertz CT molecular complexity index is 762. The van der Waals surface area contributed by atoms with Crippen molar-refractivity contribution in [3.63, 3.8) is 0 Å². The number of hydrogen-bond acceptors (Lipinski definition) is 2. The van der Waals surface area contributed by atoms with E-state index in [4.69, 9.17) is 23.2 Å². The summed E-state index contributed by atoms with van der Waals surface area (Å²) in [6, 6.07) is 11.5. The Kier molecular flexibility index (Phi) is 6.23. The molecule has 6 heteroatoms. The van der Waals surface area contributed by atoms with E-state index in [-0.39, 0.29) is 17.0 Å². The Balaban J connectivity index is 2.23. The minimum Gasteiger partial charge on any atom is -0.350 e. The molecule has 0 aliphatic heterocycles. The van der Waals surface area contributed by atoms with Crippen LogP contribution in [0.4, 0.5) is 5.69 Å². The number of nitrogens with one attached hydrogen (secondary N) is 2. The second-order valence-corrected chi connectivity index (χ2v) is 6.25. The number of para-hydroxylation sites is 1. The zero-order valence-corrected chi connectivity index (χ0v) is 14.9. The molecule has 0 radical (unpaired) electrons. The second kappa shape index (κ2) is 8.18. The number of benzene rings is 2. The zero-order valence-electron chi connectivity index (χ0n) is 13.4. The Morgan fingerprint density at radius 2 is 1.75 bits per heavy atom. The largest absolute Gasteiger partial charge is 0.350 e. The molecule has 0 fully saturated rings. The zero-order chi connectivity index (χ0) is 17.7. The molecule has 2 amide bonds. The summed E-state index contributed by atoms with van der Waals surface area (Å²) in [5.74, 6) is -0.636. The minimum atomic E-state index is -0.402. The van der Waals surface area contributed by atoms with Crippen LogP contribution in [0.25, 0.3) is 0 Å². The fraction of sp³-hybridized carbons (Fsp3) is 0.222. The van der Waals surface area contributed by atoms with E-state index in [9.17, 15) is 9.59 Å². The van der Waals surface area contributed by atoms with Gasteiger partial charge in [0.15, 0.2) is 0 Å². The maximum Gasteiger partial charge on any atom is 0.257 e. The van der Waals surface area contributed by atoms with Crippen molar-refractivity contribution in [2.75, 3.05) is 5.32 Å². The van der Waals surface area contributed by atoms with Gasteiger partial charge in [0, 0.05) is 11.1 Å². The molecule has 0 aliphatic carbocycles. The Hall–Kier alpha value is -2.04. The first-order chi connectivity index (χ1) is 11.4. The lowest BCUT2D eigenvalue weighted by Gasteiger charge is -2.15. The molecule has 1 atom stereocenters. The van der Waals surface area contributed by atoms with Crippen molar-refractivity contribution < 1.29 is 9.59 Å². The van der Waals surface area contributed by atoms with Gasteiger partial charge >= 0.3 is 0 Å². The van der Waals surface area contributed by atoms with Crippen LogP contribution in [0.3, 0.4) is 0 Å². The van der Waals surface area contributed by atoms with Gasteiger partial charge in [0.2, 0.25) is 0 Å². The quantitative estimate of drug-likeness (QED) is 0.802. The summed E-state index contributed by atoms with van der Waals surface area (Å²) in [6.07, 6.45) is 0.820. The molecule has 0 unspecified atom stereocenters. The molecule has 0 heterocycles. The van der Waals surface area contributed by atoms with Gasteiger partial charge in [-0.3, -0.25) is 9.59 Å². The van der Waals surface area contributed by atoms with E-state index in [0.29, 0.717) is 21.8 Å². The molecule has 0 aromatic heterocycles. The van der Waals surface area contributed by atoms with Gasteiger partial charge in [-0.15, -0.1) is 0 Å². The molecule has 4 nitrogen and oxygen atoms in total. The number of halogens is 2. The van der Waals surface area contributed by atoms with Gasteiger partial charge in [-0.1, -0.05) is 42.3 Å². The van der Waals surface area contributed by atoms with Crippen molar-refractivity contribution in [3.05, 3.63) is 63.6 Å². The van der Waals surface area contributed by atoms with Gasteiger partial charge in [-0.25, -0.2) is 0 Å². The summed E-state index contributed by atoms with van der Waals surface area (Å²) in [4.78, 5) is 24.8. The average molecular weight is 365 g/mol. The first-order valence-corrected chi connectivity index (χ1v) is 8.34. The summed E-state index contributed by atoms with van der Waals surface area (Å²) in [6.45, 7) is 3.91. The third kappa shape index (κ3) is 4.49. The Labute approximate surface area is 151 Å². The first-order valence-electron chi connectivity index (χ1n) is 7.58. The van der Waals surface area contributed by atoms with Gasteiger partial charge in [0.05, 0.1) is 21.8 Å². The van der Waals surface area contributed by atoms with Gasteiger partial charge in [0.1, 0.15) is 0 Å². The molecule has 24 heavy (non-hydrogen) atoms. The Morgan fingerprint density at radius 3 is 2.42 bits per heavy atom. The Morgan fingerprint density at radius 1 is 1.04 bits per heavy atom. The highest BCUT2D eigenvalue weighted by atomic mass is 35.5. The highest BCUT2D eigenvalue weighted by Crippen LogP contribution is 2.23. The number of hydrogen-bond donors (Lipinski definition) is 2. The van der Waals surface area contributed by atoms with E-state index in [0.717, 1.165) is 6.42 Å². The third-order valence-corrected chi connectivity index (χ3v) is 4.13. The summed E-state index contributed by atoms with van der Waals surface area (Å²) < 4.78 is 0. The van der Waals surface area contributed by atoms with Crippen molar-refractivity contribution in [2.45, 2.75) is 26.3 Å². The topological polar surface area (TPSA) is 58.2 Å². The van der Waals surface area contributed by atoms with Crippen LogP contribution in [-0.2, 0) is 0 Å². The van der Waals surface area contributed by atoms with Crippen LogP contribution < -0.4 is 10.6 Å². The number of anilines is 1. The normalized spacial score (nSPS) is 11.7. The molecule has 2 aromatic carbocycles. The fourth-order valence-electron chi connectivity index (χ4n) is 2.06. The van der Waals surface area contributed by atoms with E-state index in [2.05, 4.69) is 10.6 Å². The van der Waals surface area contributed by atoms with Crippen LogP contribution in [0.1, 0.15) is 41.0 Å². The highest BCUT2D eigenvalue weighted by molar-refractivity contribution is 6.37. The lowest BCUT2D eigenvalue weighted by molar-refractivity contribution is 0.0940. The smallest absolute Gasteiger partial charge is 0.257 e. The summed E-state index contributed by atoms with van der Waals surface area (Å²) in [5, 5.41) is 6.32. The number of rotatable bonds is 5. The summed E-state index contributed by atoms with van der Waals surface area (Å²) >= 11 is 11.9. The lowest BCUT2D eigenvalue weighted by Crippen LogP contribution is -2.32. The van der Waals surface area contributed by atoms with Crippen LogP contribution in [0.5, 0.6) is 0 Å². The fourth-order valence-corrected chi connectivity index (χ4v) is 2.55. The standard InChI is InChI=1S/C18H18Cl2N2O2/c1-3-11(2)21-18(24)14-6-4-5-7-16(14)22-17(23)13-9-8-12(19)10-15(13)20/h4-11H,3H2,1-2H3,(H,21,24)(H,22,23)/t11-/m1/s1. The molecule has 2 aromatic rings. The molecule has 0 saturated heterocycles. The summed E-state index contributed by atoms with van der Waals surface area (Å²) in [7, 11) is 0. The molecule has 126 valence electrons. The monoisotopic (exact) mass is 364 g/mol. The van der Waals surface area contributed by atoms with Crippen molar-refractivity contribution in [1.29, 1.82) is 0 Å². The van der Waals surface area contributed by atoms with Crippen molar-refractivity contribution in [1.82, 2.24) is 5.32 Å². The average Bonchev–Trinajstić information content (AvgIpc) is 2.54. The maximum atomic E-state index is 12.4. The molecule has 0 aliphatic rings. The van der Waals surface area contributed by atoms with E-state index in [1.54, 1.807) is 36.4 Å². The molecule has 0 bridgehead atoms. The van der Waals surface area contributed by atoms with Crippen LogP contribution in [0.2, 0.25) is 10.0 Å². The van der Waals surface area contributed by atoms with E-state index < -0.39 is 5.91 Å². The number of carbonyl (C=O) groups is 2. The molecule has 0 spiro atoms. The molecule has 2 N–H and O–H groups in total. The van der Waals surface area contributed by atoms with Crippen LogP contribution in [0.15, 0.2) is 42.5 Å². The second-order valence-electron chi connectivity index (χ2n) is 5.41. The predicted octanol–water partition coefficient (Wildman–Crippen LogP) is 4.77. The summed E-state index contributed by atoms with van der Waals surface area (Å²) in [5.41, 5.74) is 1.11. The lowest BCUT2D eigenvalue weighted by atomic mass is 10.1. The molecular weight excluding hydrogens is 347 g/mol. The van der Waals surface area contributed by atoms with Crippen LogP contribution in [0, 0.1) is 0 Å². The first kappa shape index (κ1) is 18.3. The van der Waals surface area contributed by atoms with Gasteiger partial charge < -0.3 is 10.6 Å². The predicted molar refractivity (Wildman–Crippen MR) is 98.1 cm³/mol.